The van der Waals surface area contributed by atoms with Gasteiger partial charge in [0.15, 0.2) is 0 Å². The van der Waals surface area contributed by atoms with Crippen LogP contribution in [0.2, 0.25) is 0 Å². The molecule has 8 nitrogen and oxygen atoms in total. The molecule has 31 heavy (non-hydrogen) atoms. The van der Waals surface area contributed by atoms with Gasteiger partial charge in [-0.2, -0.15) is 0 Å². The second kappa shape index (κ2) is 9.80. The molecule has 0 fully saturated rings. The number of carbonyl (C=O) groups excluding carboxylic acids is 3. The topological polar surface area (TPSA) is 124 Å². The highest BCUT2D eigenvalue weighted by Gasteiger charge is 2.21. The van der Waals surface area contributed by atoms with E-state index < -0.39 is 11.6 Å². The van der Waals surface area contributed by atoms with Crippen molar-refractivity contribution >= 4 is 23.2 Å². The maximum Gasteiger partial charge on any atom is 0.277 e. The number of allylic oxidation sites excluding steroid dienone is 3. The summed E-state index contributed by atoms with van der Waals surface area (Å²) in [5.74, 6) is -0.991. The van der Waals surface area contributed by atoms with Crippen molar-refractivity contribution in [3.8, 4) is 11.4 Å². The van der Waals surface area contributed by atoms with Gasteiger partial charge in [-0.3, -0.25) is 23.7 Å². The number of carbonyl (C=O) groups is 3. The van der Waals surface area contributed by atoms with E-state index in [4.69, 9.17) is 5.73 Å². The number of anilines is 1. The number of nitrogens with zero attached hydrogens (tertiary/aromatic N) is 2. The molecule has 1 aliphatic carbocycles. The van der Waals surface area contributed by atoms with Gasteiger partial charge in [0.2, 0.25) is 17.5 Å². The first-order valence-electron chi connectivity index (χ1n) is 10.1. The molecule has 1 aromatic heterocycles. The summed E-state index contributed by atoms with van der Waals surface area (Å²) < 4.78 is 1.55. The van der Waals surface area contributed by atoms with E-state index in [1.54, 1.807) is 4.57 Å². The smallest absolute Gasteiger partial charge is 0.277 e. The fraction of sp³-hybridized carbons (Fsp3) is 0.261. The van der Waals surface area contributed by atoms with E-state index in [1.165, 1.54) is 24.4 Å². The van der Waals surface area contributed by atoms with Gasteiger partial charge in [0.05, 0.1) is 6.20 Å². The molecule has 1 atom stereocenters. The molecule has 1 amide bonds. The van der Waals surface area contributed by atoms with Crippen LogP contribution in [-0.4, -0.2) is 33.6 Å². The van der Waals surface area contributed by atoms with E-state index in [-0.39, 0.29) is 41.7 Å². The number of nitrogens with two attached hydrogens (primary N) is 1. The van der Waals surface area contributed by atoms with Gasteiger partial charge in [-0.25, -0.2) is 4.98 Å². The van der Waals surface area contributed by atoms with E-state index in [9.17, 15) is 19.2 Å². The standard InChI is InChI=1S/C23H24N4O4/c1-2-17(11-12-20(29)25-13-16-9-6-10-19(28)21(16)30)27-22(15-7-4-3-5-8-15)26-14-18(24)23(27)31/h3-10,14,17H,2,11-13,24H2,1H3,(H,25,29). The third kappa shape index (κ3) is 5.03. The van der Waals surface area contributed by atoms with Crippen LogP contribution >= 0.6 is 0 Å². The molecule has 0 saturated carbocycles. The van der Waals surface area contributed by atoms with Crippen LogP contribution in [0.3, 0.4) is 0 Å². The maximum absolute atomic E-state index is 12.8. The number of Topliss-reactive ketones (excluding diaryl/α,β-unsaturated/α-hetero) is 1. The number of aromatic nitrogens is 2. The molecule has 0 aliphatic heterocycles. The molecule has 1 aliphatic rings. The van der Waals surface area contributed by atoms with Crippen molar-refractivity contribution in [3.63, 3.8) is 0 Å². The molecule has 0 spiro atoms. The number of hydrogen-bond donors (Lipinski definition) is 2. The number of nitrogen functional groups attached to an aromatic ring is 1. The molecule has 0 radical (unpaired) electrons. The van der Waals surface area contributed by atoms with Crippen LogP contribution in [0.4, 0.5) is 5.69 Å². The van der Waals surface area contributed by atoms with E-state index >= 15 is 0 Å². The van der Waals surface area contributed by atoms with Gasteiger partial charge < -0.3 is 11.1 Å². The van der Waals surface area contributed by atoms with Crippen LogP contribution in [-0.2, 0) is 14.4 Å². The Kier molecular flexibility index (Phi) is 6.92. The molecule has 1 heterocycles. The normalized spacial score (nSPS) is 14.3. The van der Waals surface area contributed by atoms with Crippen molar-refractivity contribution in [3.05, 3.63) is 70.7 Å². The average molecular weight is 420 g/mol. The van der Waals surface area contributed by atoms with Gasteiger partial charge in [-0.15, -0.1) is 0 Å². The Morgan fingerprint density at radius 1 is 1.19 bits per heavy atom. The molecule has 160 valence electrons. The van der Waals surface area contributed by atoms with Crippen molar-refractivity contribution in [2.24, 2.45) is 0 Å². The average Bonchev–Trinajstić information content (AvgIpc) is 2.78. The number of ketones is 2. The molecule has 0 saturated heterocycles. The Morgan fingerprint density at radius 2 is 1.94 bits per heavy atom. The first kappa shape index (κ1) is 21.9. The first-order chi connectivity index (χ1) is 14.9. The maximum atomic E-state index is 12.8. The summed E-state index contributed by atoms with van der Waals surface area (Å²) in [7, 11) is 0. The molecular formula is C23H24N4O4. The van der Waals surface area contributed by atoms with Crippen LogP contribution in [0.5, 0.6) is 0 Å². The number of benzene rings is 1. The number of rotatable bonds is 8. The SMILES string of the molecule is CCC(CCC(=O)NCC1=CC=CC(=O)C1=O)n1c(-c2ccccc2)ncc(N)c1=O. The van der Waals surface area contributed by atoms with Gasteiger partial charge in [0.25, 0.3) is 5.56 Å². The van der Waals surface area contributed by atoms with Crippen molar-refractivity contribution in [1.82, 2.24) is 14.9 Å². The summed E-state index contributed by atoms with van der Waals surface area (Å²) in [5, 5.41) is 2.66. The summed E-state index contributed by atoms with van der Waals surface area (Å²) in [5.41, 5.74) is 6.55. The van der Waals surface area contributed by atoms with Crippen molar-refractivity contribution in [1.29, 1.82) is 0 Å². The van der Waals surface area contributed by atoms with Crippen LogP contribution < -0.4 is 16.6 Å². The van der Waals surface area contributed by atoms with Gasteiger partial charge in [0, 0.05) is 30.1 Å². The molecule has 3 N–H and O–H groups in total. The van der Waals surface area contributed by atoms with Crippen LogP contribution in [0.25, 0.3) is 11.4 Å². The molecule has 2 aromatic rings. The molecule has 8 heteroatoms. The summed E-state index contributed by atoms with van der Waals surface area (Å²) >= 11 is 0. The molecule has 1 unspecified atom stereocenters. The second-order valence-electron chi connectivity index (χ2n) is 7.20. The summed E-state index contributed by atoms with van der Waals surface area (Å²) in [6, 6.07) is 9.03. The van der Waals surface area contributed by atoms with Crippen molar-refractivity contribution < 1.29 is 14.4 Å². The van der Waals surface area contributed by atoms with Gasteiger partial charge in [0.1, 0.15) is 11.5 Å². The predicted octanol–water partition coefficient (Wildman–Crippen LogP) is 1.97. The number of amides is 1. The van der Waals surface area contributed by atoms with Crippen LogP contribution in [0.15, 0.2) is 65.1 Å². The first-order valence-corrected chi connectivity index (χ1v) is 10.1. The summed E-state index contributed by atoms with van der Waals surface area (Å²) in [4.78, 5) is 52.8. The van der Waals surface area contributed by atoms with E-state index in [2.05, 4.69) is 10.3 Å². The van der Waals surface area contributed by atoms with E-state index in [0.29, 0.717) is 18.7 Å². The zero-order valence-corrected chi connectivity index (χ0v) is 17.2. The minimum atomic E-state index is -0.612. The summed E-state index contributed by atoms with van der Waals surface area (Å²) in [6.45, 7) is 1.91. The van der Waals surface area contributed by atoms with E-state index in [1.807, 2.05) is 37.3 Å². The molecule has 0 bridgehead atoms. The quantitative estimate of drug-likeness (QED) is 0.497. The fourth-order valence-corrected chi connectivity index (χ4v) is 3.42. The van der Waals surface area contributed by atoms with Gasteiger partial charge in [-0.1, -0.05) is 49.4 Å². The number of nitrogens with one attached hydrogen (secondary N) is 1. The minimum Gasteiger partial charge on any atom is -0.393 e. The Bertz CT molecular complexity index is 1120. The van der Waals surface area contributed by atoms with Crippen LogP contribution in [0, 0.1) is 0 Å². The lowest BCUT2D eigenvalue weighted by Gasteiger charge is -2.22. The second-order valence-corrected chi connectivity index (χ2v) is 7.20. The zero-order chi connectivity index (χ0) is 22.4. The predicted molar refractivity (Wildman–Crippen MR) is 117 cm³/mol. The lowest BCUT2D eigenvalue weighted by atomic mass is 10.0. The molecular weight excluding hydrogens is 396 g/mol. The largest absolute Gasteiger partial charge is 0.393 e. The number of hydrogen-bond acceptors (Lipinski definition) is 6. The Morgan fingerprint density at radius 3 is 2.65 bits per heavy atom. The third-order valence-corrected chi connectivity index (χ3v) is 5.13. The fourth-order valence-electron chi connectivity index (χ4n) is 3.42. The lowest BCUT2D eigenvalue weighted by Crippen LogP contribution is -2.32. The third-order valence-electron chi connectivity index (χ3n) is 5.13. The highest BCUT2D eigenvalue weighted by Crippen LogP contribution is 2.24. The Hall–Kier alpha value is -3.81. The molecule has 1 aromatic carbocycles. The summed E-state index contributed by atoms with van der Waals surface area (Å²) in [6.07, 6.45) is 6.68. The zero-order valence-electron chi connectivity index (χ0n) is 17.2. The Labute approximate surface area is 179 Å². The van der Waals surface area contributed by atoms with Gasteiger partial charge >= 0.3 is 0 Å². The van der Waals surface area contributed by atoms with Crippen LogP contribution in [0.1, 0.15) is 32.2 Å². The van der Waals surface area contributed by atoms with Crippen molar-refractivity contribution in [2.75, 3.05) is 12.3 Å². The highest BCUT2D eigenvalue weighted by molar-refractivity contribution is 6.48. The van der Waals surface area contributed by atoms with E-state index in [0.717, 1.165) is 5.56 Å². The minimum absolute atomic E-state index is 0.0143. The lowest BCUT2D eigenvalue weighted by molar-refractivity contribution is -0.131. The monoisotopic (exact) mass is 420 g/mol. The van der Waals surface area contributed by atoms with Gasteiger partial charge in [-0.05, 0) is 18.9 Å². The molecule has 3 rings (SSSR count). The highest BCUT2D eigenvalue weighted by atomic mass is 16.2. The Balaban J connectivity index is 1.72. The van der Waals surface area contributed by atoms with Crippen molar-refractivity contribution in [2.45, 2.75) is 32.2 Å².